The fraction of sp³-hybridized carbons (Fsp3) is 0.818. The SMILES string of the molecule is CC1C/C=C(/CO)CCOCCN1C. The van der Waals surface area contributed by atoms with Crippen molar-refractivity contribution in [2.75, 3.05) is 33.4 Å². The average Bonchev–Trinajstić information content (AvgIpc) is 2.20. The van der Waals surface area contributed by atoms with Gasteiger partial charge in [0, 0.05) is 12.6 Å². The first kappa shape index (κ1) is 11.7. The smallest absolute Gasteiger partial charge is 0.0642 e. The molecule has 0 bridgehead atoms. The van der Waals surface area contributed by atoms with E-state index in [0.29, 0.717) is 6.04 Å². The van der Waals surface area contributed by atoms with Gasteiger partial charge in [-0.2, -0.15) is 0 Å². The molecule has 1 N–H and O–H groups in total. The molecule has 1 heterocycles. The Morgan fingerprint density at radius 1 is 1.57 bits per heavy atom. The summed E-state index contributed by atoms with van der Waals surface area (Å²) < 4.78 is 5.47. The maximum Gasteiger partial charge on any atom is 0.0642 e. The topological polar surface area (TPSA) is 32.7 Å². The van der Waals surface area contributed by atoms with E-state index >= 15 is 0 Å². The highest BCUT2D eigenvalue weighted by Crippen LogP contribution is 2.09. The molecular formula is C11H21NO2. The number of rotatable bonds is 1. The lowest BCUT2D eigenvalue weighted by Gasteiger charge is -2.25. The Labute approximate surface area is 86.4 Å². The second kappa shape index (κ2) is 6.17. The summed E-state index contributed by atoms with van der Waals surface area (Å²) in [5.74, 6) is 0. The number of hydrogen-bond acceptors (Lipinski definition) is 3. The van der Waals surface area contributed by atoms with Gasteiger partial charge in [0.15, 0.2) is 0 Å². The van der Waals surface area contributed by atoms with Crippen molar-refractivity contribution in [1.29, 1.82) is 0 Å². The first-order valence-electron chi connectivity index (χ1n) is 5.30. The van der Waals surface area contributed by atoms with Crippen LogP contribution in [0.15, 0.2) is 11.6 Å². The van der Waals surface area contributed by atoms with Crippen LogP contribution in [0.2, 0.25) is 0 Å². The summed E-state index contributed by atoms with van der Waals surface area (Å²) in [6, 6.07) is 0.526. The maximum atomic E-state index is 9.08. The van der Waals surface area contributed by atoms with E-state index in [4.69, 9.17) is 9.84 Å². The molecule has 1 aliphatic heterocycles. The summed E-state index contributed by atoms with van der Waals surface area (Å²) in [4.78, 5) is 2.29. The molecule has 0 aromatic heterocycles. The third-order valence-electron chi connectivity index (χ3n) is 2.86. The van der Waals surface area contributed by atoms with Crippen LogP contribution in [0.4, 0.5) is 0 Å². The number of hydrogen-bond donors (Lipinski definition) is 1. The fourth-order valence-electron chi connectivity index (χ4n) is 1.50. The highest BCUT2D eigenvalue weighted by Gasteiger charge is 2.09. The Balaban J connectivity index is 2.53. The molecule has 0 aromatic carbocycles. The zero-order valence-corrected chi connectivity index (χ0v) is 9.20. The molecule has 82 valence electrons. The van der Waals surface area contributed by atoms with Crippen molar-refractivity contribution in [3.8, 4) is 0 Å². The van der Waals surface area contributed by atoms with Crippen LogP contribution < -0.4 is 0 Å². The lowest BCUT2D eigenvalue weighted by atomic mass is 10.1. The molecule has 1 aliphatic rings. The van der Waals surface area contributed by atoms with Crippen LogP contribution in [0.1, 0.15) is 19.8 Å². The highest BCUT2D eigenvalue weighted by molar-refractivity contribution is 5.03. The molecule has 3 nitrogen and oxygen atoms in total. The summed E-state index contributed by atoms with van der Waals surface area (Å²) in [5.41, 5.74) is 1.10. The molecule has 0 aromatic rings. The van der Waals surface area contributed by atoms with Crippen molar-refractivity contribution in [2.24, 2.45) is 0 Å². The molecule has 0 aliphatic carbocycles. The number of ether oxygens (including phenoxy) is 1. The van der Waals surface area contributed by atoms with E-state index in [1.54, 1.807) is 0 Å². The summed E-state index contributed by atoms with van der Waals surface area (Å²) >= 11 is 0. The molecular weight excluding hydrogens is 178 g/mol. The number of aliphatic hydroxyl groups excluding tert-OH is 1. The molecule has 14 heavy (non-hydrogen) atoms. The standard InChI is InChI=1S/C11H21NO2/c1-10-3-4-11(9-13)5-7-14-8-6-12(10)2/h4,10,13H,3,5-9H2,1-2H3/b11-4+. The largest absolute Gasteiger partial charge is 0.392 e. The van der Waals surface area contributed by atoms with Crippen LogP contribution in [0.3, 0.4) is 0 Å². The van der Waals surface area contributed by atoms with Gasteiger partial charge in [0.1, 0.15) is 0 Å². The normalized spacial score (nSPS) is 30.8. The van der Waals surface area contributed by atoms with Crippen LogP contribution in [-0.2, 0) is 4.74 Å². The van der Waals surface area contributed by atoms with Gasteiger partial charge in [-0.15, -0.1) is 0 Å². The van der Waals surface area contributed by atoms with E-state index in [1.165, 1.54) is 0 Å². The molecule has 0 saturated carbocycles. The number of nitrogens with zero attached hydrogens (tertiary/aromatic N) is 1. The van der Waals surface area contributed by atoms with Crippen LogP contribution in [0.5, 0.6) is 0 Å². The quantitative estimate of drug-likeness (QED) is 0.640. The Morgan fingerprint density at radius 3 is 3.07 bits per heavy atom. The van der Waals surface area contributed by atoms with Gasteiger partial charge >= 0.3 is 0 Å². The lowest BCUT2D eigenvalue weighted by molar-refractivity contribution is 0.0992. The van der Waals surface area contributed by atoms with E-state index in [-0.39, 0.29) is 6.61 Å². The van der Waals surface area contributed by atoms with Crippen molar-refractivity contribution in [1.82, 2.24) is 4.90 Å². The van der Waals surface area contributed by atoms with Crippen molar-refractivity contribution in [2.45, 2.75) is 25.8 Å². The first-order chi connectivity index (χ1) is 6.74. The van der Waals surface area contributed by atoms with Crippen LogP contribution in [-0.4, -0.2) is 49.5 Å². The van der Waals surface area contributed by atoms with E-state index in [2.05, 4.69) is 24.9 Å². The van der Waals surface area contributed by atoms with Crippen molar-refractivity contribution in [3.05, 3.63) is 11.6 Å². The first-order valence-corrected chi connectivity index (χ1v) is 5.30. The minimum atomic E-state index is 0.166. The van der Waals surface area contributed by atoms with Gasteiger partial charge < -0.3 is 14.7 Å². The minimum absolute atomic E-state index is 0.166. The summed E-state index contributed by atoms with van der Waals surface area (Å²) in [5, 5.41) is 9.08. The average molecular weight is 199 g/mol. The molecule has 1 unspecified atom stereocenters. The van der Waals surface area contributed by atoms with E-state index < -0.39 is 0 Å². The minimum Gasteiger partial charge on any atom is -0.392 e. The molecule has 0 fully saturated rings. The third kappa shape index (κ3) is 3.78. The molecule has 1 atom stereocenters. The highest BCUT2D eigenvalue weighted by atomic mass is 16.5. The van der Waals surface area contributed by atoms with Crippen LogP contribution >= 0.6 is 0 Å². The summed E-state index contributed by atoms with van der Waals surface area (Å²) in [6.45, 7) is 4.88. The zero-order chi connectivity index (χ0) is 10.4. The summed E-state index contributed by atoms with van der Waals surface area (Å²) in [6.07, 6.45) is 4.04. The summed E-state index contributed by atoms with van der Waals surface area (Å²) in [7, 11) is 2.11. The van der Waals surface area contributed by atoms with Gasteiger partial charge in [-0.05, 0) is 32.4 Å². The third-order valence-corrected chi connectivity index (χ3v) is 2.86. The Morgan fingerprint density at radius 2 is 2.36 bits per heavy atom. The molecule has 0 spiro atoms. The van der Waals surface area contributed by atoms with Crippen LogP contribution in [0.25, 0.3) is 0 Å². The molecule has 1 rings (SSSR count). The van der Waals surface area contributed by atoms with Crippen molar-refractivity contribution in [3.63, 3.8) is 0 Å². The van der Waals surface area contributed by atoms with E-state index in [9.17, 15) is 0 Å². The van der Waals surface area contributed by atoms with Crippen molar-refractivity contribution >= 4 is 0 Å². The molecule has 0 amide bonds. The van der Waals surface area contributed by atoms with Gasteiger partial charge in [0.2, 0.25) is 0 Å². The number of aliphatic hydroxyl groups is 1. The predicted molar refractivity (Wildman–Crippen MR) is 57.3 cm³/mol. The second-order valence-corrected chi connectivity index (χ2v) is 3.95. The molecule has 0 saturated heterocycles. The molecule has 0 radical (unpaired) electrons. The van der Waals surface area contributed by atoms with Crippen molar-refractivity contribution < 1.29 is 9.84 Å². The zero-order valence-electron chi connectivity index (χ0n) is 9.20. The predicted octanol–water partition coefficient (Wildman–Crippen LogP) is 1.04. The monoisotopic (exact) mass is 199 g/mol. The van der Waals surface area contributed by atoms with Gasteiger partial charge in [-0.3, -0.25) is 0 Å². The van der Waals surface area contributed by atoms with Gasteiger partial charge in [-0.1, -0.05) is 6.08 Å². The van der Waals surface area contributed by atoms with Gasteiger partial charge in [-0.25, -0.2) is 0 Å². The number of likely N-dealkylation sites (N-methyl/N-ethyl adjacent to an activating group) is 1. The Hall–Kier alpha value is -0.380. The van der Waals surface area contributed by atoms with E-state index in [0.717, 1.165) is 38.2 Å². The Kier molecular flexibility index (Phi) is 5.15. The van der Waals surface area contributed by atoms with Crippen LogP contribution in [0, 0.1) is 0 Å². The molecule has 3 heteroatoms. The fourth-order valence-corrected chi connectivity index (χ4v) is 1.50. The van der Waals surface area contributed by atoms with Gasteiger partial charge in [0.05, 0.1) is 19.8 Å². The van der Waals surface area contributed by atoms with E-state index in [1.807, 2.05) is 0 Å². The Bertz CT molecular complexity index is 192. The maximum absolute atomic E-state index is 9.08. The second-order valence-electron chi connectivity index (χ2n) is 3.95. The lowest BCUT2D eigenvalue weighted by Crippen LogP contribution is -2.32. The van der Waals surface area contributed by atoms with Gasteiger partial charge in [0.25, 0.3) is 0 Å².